The predicted molar refractivity (Wildman–Crippen MR) is 137 cm³/mol. The van der Waals surface area contributed by atoms with Gasteiger partial charge in [0.05, 0.1) is 41.2 Å². The molecule has 222 valence electrons. The van der Waals surface area contributed by atoms with Gasteiger partial charge in [-0.3, -0.25) is 0 Å². The van der Waals surface area contributed by atoms with Crippen molar-refractivity contribution in [2.45, 2.75) is 49.1 Å². The number of hydrogen-bond acceptors (Lipinski definition) is 13. The lowest BCUT2D eigenvalue weighted by Crippen LogP contribution is -2.60. The van der Waals surface area contributed by atoms with Gasteiger partial charge in [-0.05, 0) is 35.7 Å². The van der Waals surface area contributed by atoms with E-state index in [-0.39, 0.29) is 47.5 Å². The van der Waals surface area contributed by atoms with E-state index in [0.717, 1.165) is 0 Å². The van der Waals surface area contributed by atoms with Crippen molar-refractivity contribution < 1.29 is 64.2 Å². The van der Waals surface area contributed by atoms with E-state index in [9.17, 15) is 35.7 Å². The molecule has 8 atom stereocenters. The third-order valence-electron chi connectivity index (χ3n) is 7.59. The van der Waals surface area contributed by atoms with Crippen LogP contribution in [0, 0.1) is 5.92 Å². The summed E-state index contributed by atoms with van der Waals surface area (Å²) < 4.78 is 33.6. The van der Waals surface area contributed by atoms with E-state index in [1.165, 1.54) is 40.6 Å². The topological polar surface area (TPSA) is 197 Å². The van der Waals surface area contributed by atoms with Crippen LogP contribution in [0.25, 0.3) is 0 Å². The van der Waals surface area contributed by atoms with E-state index in [1.54, 1.807) is 6.07 Å². The molecule has 2 aliphatic rings. The Hall–Kier alpha value is -3.04. The van der Waals surface area contributed by atoms with E-state index in [0.29, 0.717) is 16.7 Å². The Morgan fingerprint density at radius 1 is 0.775 bits per heavy atom. The molecule has 0 radical (unpaired) electrons. The lowest BCUT2D eigenvalue weighted by atomic mass is 9.71. The molecule has 13 nitrogen and oxygen atoms in total. The van der Waals surface area contributed by atoms with Crippen molar-refractivity contribution in [1.29, 1.82) is 0 Å². The number of ether oxygens (including phenoxy) is 6. The first-order valence-electron chi connectivity index (χ1n) is 12.6. The number of rotatable bonds is 9. The minimum absolute atomic E-state index is 0.0733. The first kappa shape index (κ1) is 29.9. The SMILES string of the molecule is COc1cc([C@@H]2c3c(cc(OC)c(O)c3OC)C[C@H](CO)[C@H]2O[C@@H]2O[C@H](CO)[C@@H](O)[C@H](O)[C@H]2O)cc(OC)c1O. The molecule has 1 heterocycles. The van der Waals surface area contributed by atoms with E-state index in [4.69, 9.17) is 28.4 Å². The highest BCUT2D eigenvalue weighted by Crippen LogP contribution is 2.53. The second-order valence-corrected chi connectivity index (χ2v) is 9.73. The molecule has 0 bridgehead atoms. The number of methoxy groups -OCH3 is 4. The van der Waals surface area contributed by atoms with Gasteiger partial charge in [0.15, 0.2) is 29.3 Å². The Morgan fingerprint density at radius 3 is 1.90 bits per heavy atom. The summed E-state index contributed by atoms with van der Waals surface area (Å²) in [7, 11) is 5.49. The summed E-state index contributed by atoms with van der Waals surface area (Å²) in [6.45, 7) is -1.03. The van der Waals surface area contributed by atoms with Crippen LogP contribution in [0.4, 0.5) is 0 Å². The second kappa shape index (κ2) is 12.2. The molecule has 2 aromatic rings. The third-order valence-corrected chi connectivity index (χ3v) is 7.59. The zero-order valence-electron chi connectivity index (χ0n) is 22.6. The van der Waals surface area contributed by atoms with Crippen molar-refractivity contribution in [2.75, 3.05) is 41.7 Å². The van der Waals surface area contributed by atoms with Gasteiger partial charge >= 0.3 is 0 Å². The molecule has 13 heteroatoms. The minimum Gasteiger partial charge on any atom is -0.502 e. The normalized spacial score (nSPS) is 29.9. The van der Waals surface area contributed by atoms with Crippen LogP contribution in [0.3, 0.4) is 0 Å². The van der Waals surface area contributed by atoms with Crippen LogP contribution in [0.2, 0.25) is 0 Å². The highest BCUT2D eigenvalue weighted by Gasteiger charge is 2.49. The summed E-state index contributed by atoms with van der Waals surface area (Å²) in [5.74, 6) is -1.64. The Labute approximate surface area is 230 Å². The van der Waals surface area contributed by atoms with Gasteiger partial charge in [-0.25, -0.2) is 0 Å². The van der Waals surface area contributed by atoms with E-state index in [1.807, 2.05) is 0 Å². The van der Waals surface area contributed by atoms with Gasteiger partial charge in [0.2, 0.25) is 11.5 Å². The van der Waals surface area contributed by atoms with Crippen LogP contribution in [-0.4, -0.2) is 114 Å². The Morgan fingerprint density at radius 2 is 1.38 bits per heavy atom. The van der Waals surface area contributed by atoms with Gasteiger partial charge in [-0.2, -0.15) is 0 Å². The van der Waals surface area contributed by atoms with Gasteiger partial charge in [0, 0.05) is 24.0 Å². The molecule has 1 saturated heterocycles. The number of fused-ring (bicyclic) bond motifs is 1. The van der Waals surface area contributed by atoms with Crippen LogP contribution in [0.15, 0.2) is 18.2 Å². The fourth-order valence-electron chi connectivity index (χ4n) is 5.54. The smallest absolute Gasteiger partial charge is 0.201 e. The van der Waals surface area contributed by atoms with Crippen LogP contribution in [0.5, 0.6) is 34.5 Å². The van der Waals surface area contributed by atoms with Crippen LogP contribution in [0.1, 0.15) is 22.6 Å². The largest absolute Gasteiger partial charge is 0.502 e. The molecular formula is C27H36O13. The van der Waals surface area contributed by atoms with Crippen molar-refractivity contribution in [3.63, 3.8) is 0 Å². The zero-order valence-corrected chi connectivity index (χ0v) is 22.6. The first-order chi connectivity index (χ1) is 19.1. The average Bonchev–Trinajstić information content (AvgIpc) is 2.96. The summed E-state index contributed by atoms with van der Waals surface area (Å²) >= 11 is 0. The Bertz CT molecular complexity index is 1160. The molecule has 7 N–H and O–H groups in total. The third kappa shape index (κ3) is 5.09. The van der Waals surface area contributed by atoms with Gasteiger partial charge in [-0.1, -0.05) is 0 Å². The van der Waals surface area contributed by atoms with Crippen LogP contribution in [-0.2, 0) is 15.9 Å². The molecule has 0 spiro atoms. The van der Waals surface area contributed by atoms with Crippen molar-refractivity contribution in [3.8, 4) is 34.5 Å². The average molecular weight is 569 g/mol. The summed E-state index contributed by atoms with van der Waals surface area (Å²) in [4.78, 5) is 0. The van der Waals surface area contributed by atoms with E-state index >= 15 is 0 Å². The lowest BCUT2D eigenvalue weighted by Gasteiger charge is -2.45. The Kier molecular flexibility index (Phi) is 9.15. The van der Waals surface area contributed by atoms with Crippen molar-refractivity contribution in [1.82, 2.24) is 0 Å². The van der Waals surface area contributed by atoms with Gasteiger partial charge in [0.25, 0.3) is 0 Å². The Balaban J connectivity index is 1.93. The fraction of sp³-hybridized carbons (Fsp3) is 0.556. The maximum atomic E-state index is 11.0. The molecule has 0 aromatic heterocycles. The molecule has 1 fully saturated rings. The predicted octanol–water partition coefficient (Wildman–Crippen LogP) is -0.386. The standard InChI is InChI=1S/C27H36O13/c1-35-14-7-12(8-15(36-2)20(14)30)18-19-11(6-16(37-3)22(32)26(19)38-4)5-13(9-28)25(18)40-27-24(34)23(33)21(31)17(10-29)39-27/h6-8,13,17-18,21,23-25,27-34H,5,9-10H2,1-4H3/t13-,17-,18-,21-,23+,24-,25-,27+/m1/s1. The zero-order chi connectivity index (χ0) is 29.3. The maximum absolute atomic E-state index is 11.0. The number of phenols is 2. The van der Waals surface area contributed by atoms with Crippen LogP contribution >= 0.6 is 0 Å². The highest BCUT2D eigenvalue weighted by molar-refractivity contribution is 5.64. The summed E-state index contributed by atoms with van der Waals surface area (Å²) in [6.07, 6.45) is -8.49. The first-order valence-corrected chi connectivity index (χ1v) is 12.6. The highest BCUT2D eigenvalue weighted by atomic mass is 16.7. The molecule has 40 heavy (non-hydrogen) atoms. The molecule has 1 aliphatic carbocycles. The minimum atomic E-state index is -1.70. The number of benzene rings is 2. The van der Waals surface area contributed by atoms with E-state index in [2.05, 4.69) is 0 Å². The number of aliphatic hydroxyl groups is 5. The molecule has 0 unspecified atom stereocenters. The molecule has 0 amide bonds. The lowest BCUT2D eigenvalue weighted by molar-refractivity contribution is -0.317. The van der Waals surface area contributed by atoms with Crippen molar-refractivity contribution in [2.24, 2.45) is 5.92 Å². The monoisotopic (exact) mass is 568 g/mol. The van der Waals surface area contributed by atoms with Gasteiger partial charge in [0.1, 0.15) is 24.4 Å². The summed E-state index contributed by atoms with van der Waals surface area (Å²) in [6, 6.07) is 4.70. The number of aromatic hydroxyl groups is 2. The molecule has 0 saturated carbocycles. The quantitative estimate of drug-likeness (QED) is 0.207. The number of aliphatic hydroxyl groups excluding tert-OH is 5. The molecular weight excluding hydrogens is 532 g/mol. The molecule has 1 aliphatic heterocycles. The number of hydrogen-bond donors (Lipinski definition) is 7. The van der Waals surface area contributed by atoms with Crippen LogP contribution < -0.4 is 18.9 Å². The maximum Gasteiger partial charge on any atom is 0.201 e. The summed E-state index contributed by atoms with van der Waals surface area (Å²) in [5.41, 5.74) is 1.59. The van der Waals surface area contributed by atoms with Gasteiger partial charge in [-0.15, -0.1) is 0 Å². The fourth-order valence-corrected chi connectivity index (χ4v) is 5.54. The number of phenolic OH excluding ortho intramolecular Hbond substituents is 2. The second-order valence-electron chi connectivity index (χ2n) is 9.73. The summed E-state index contributed by atoms with van der Waals surface area (Å²) in [5, 5.41) is 73.0. The molecule has 2 aromatic carbocycles. The molecule has 4 rings (SSSR count). The van der Waals surface area contributed by atoms with Crippen molar-refractivity contribution in [3.05, 3.63) is 34.9 Å². The van der Waals surface area contributed by atoms with E-state index < -0.39 is 55.3 Å². The van der Waals surface area contributed by atoms with Crippen molar-refractivity contribution >= 4 is 0 Å². The van der Waals surface area contributed by atoms with Gasteiger partial charge < -0.3 is 64.2 Å².